The Hall–Kier alpha value is -2.11. The van der Waals surface area contributed by atoms with Gasteiger partial charge in [0.2, 0.25) is 5.91 Å². The van der Waals surface area contributed by atoms with Gasteiger partial charge >= 0.3 is 0 Å². The van der Waals surface area contributed by atoms with Gasteiger partial charge in [-0.15, -0.1) is 0 Å². The molecule has 1 aliphatic rings. The Kier molecular flexibility index (Phi) is 38.1. The summed E-state index contributed by atoms with van der Waals surface area (Å²) in [5, 5.41) is 53.8. The van der Waals surface area contributed by atoms with E-state index in [0.717, 1.165) is 70.6 Å². The number of hydrogen-bond donors (Lipinski definition) is 6. The number of aliphatic hydroxyl groups excluding tert-OH is 5. The number of amides is 1. The molecule has 0 aromatic rings. The molecule has 0 bridgehead atoms. The van der Waals surface area contributed by atoms with Gasteiger partial charge in [-0.25, -0.2) is 0 Å². The molecule has 0 aromatic carbocycles. The van der Waals surface area contributed by atoms with E-state index in [4.69, 9.17) is 9.47 Å². The van der Waals surface area contributed by atoms with Gasteiger partial charge in [0.15, 0.2) is 6.29 Å². The Morgan fingerprint density at radius 3 is 1.53 bits per heavy atom. The fourth-order valence-electron chi connectivity index (χ4n) is 7.44. The van der Waals surface area contributed by atoms with Crippen LogP contribution in [0.3, 0.4) is 0 Å². The van der Waals surface area contributed by atoms with Gasteiger partial charge in [-0.3, -0.25) is 4.79 Å². The third-order valence-corrected chi connectivity index (χ3v) is 11.3. The number of rotatable bonds is 40. The Morgan fingerprint density at radius 1 is 0.583 bits per heavy atom. The highest BCUT2D eigenvalue weighted by atomic mass is 16.7. The minimum atomic E-state index is -1.56. The van der Waals surface area contributed by atoms with E-state index < -0.39 is 49.5 Å². The monoisotopic (exact) mass is 846 g/mol. The van der Waals surface area contributed by atoms with Crippen molar-refractivity contribution in [2.45, 2.75) is 243 Å². The molecule has 1 heterocycles. The zero-order valence-corrected chi connectivity index (χ0v) is 38.2. The van der Waals surface area contributed by atoms with E-state index in [-0.39, 0.29) is 12.5 Å². The SMILES string of the molecule is CC/C=C\C/C=C\C/C=C\C/C=C\CCCCCCCCCCCCCCCCCCCCC(=O)NC(COC1OC(CO)C(O)C(O)C1O)C(O)/C=C/CCCCCC. The van der Waals surface area contributed by atoms with Crippen molar-refractivity contribution in [3.63, 3.8) is 0 Å². The van der Waals surface area contributed by atoms with Crippen molar-refractivity contribution in [3.05, 3.63) is 60.8 Å². The van der Waals surface area contributed by atoms with Crippen molar-refractivity contribution < 1.29 is 39.8 Å². The highest BCUT2D eigenvalue weighted by Crippen LogP contribution is 2.23. The van der Waals surface area contributed by atoms with Crippen molar-refractivity contribution in [1.82, 2.24) is 5.32 Å². The molecular formula is C51H91NO8. The maximum atomic E-state index is 12.9. The molecular weight excluding hydrogens is 755 g/mol. The van der Waals surface area contributed by atoms with Crippen molar-refractivity contribution >= 4 is 5.91 Å². The number of unbranched alkanes of at least 4 members (excludes halogenated alkanes) is 22. The average Bonchev–Trinajstić information content (AvgIpc) is 3.25. The Balaban J connectivity index is 2.06. The number of allylic oxidation sites excluding steroid dienone is 9. The highest BCUT2D eigenvalue weighted by molar-refractivity contribution is 5.76. The number of carbonyl (C=O) groups is 1. The summed E-state index contributed by atoms with van der Waals surface area (Å²) in [6.45, 7) is 3.57. The van der Waals surface area contributed by atoms with E-state index in [1.807, 2.05) is 6.08 Å². The van der Waals surface area contributed by atoms with E-state index in [9.17, 15) is 30.3 Å². The molecule has 9 heteroatoms. The van der Waals surface area contributed by atoms with Crippen LogP contribution >= 0.6 is 0 Å². The molecule has 1 rings (SSSR count). The number of hydrogen-bond acceptors (Lipinski definition) is 8. The second kappa shape index (κ2) is 40.9. The third-order valence-electron chi connectivity index (χ3n) is 11.3. The van der Waals surface area contributed by atoms with Crippen LogP contribution in [0.1, 0.15) is 200 Å². The molecule has 0 spiro atoms. The van der Waals surface area contributed by atoms with E-state index in [1.54, 1.807) is 6.08 Å². The molecule has 1 fully saturated rings. The number of ether oxygens (including phenoxy) is 2. The minimum Gasteiger partial charge on any atom is -0.394 e. The first-order valence-corrected chi connectivity index (χ1v) is 24.5. The molecule has 0 radical (unpaired) electrons. The van der Waals surface area contributed by atoms with Crippen LogP contribution in [0.2, 0.25) is 0 Å². The highest BCUT2D eigenvalue weighted by Gasteiger charge is 2.44. The molecule has 0 aliphatic carbocycles. The van der Waals surface area contributed by atoms with Crippen molar-refractivity contribution in [2.75, 3.05) is 13.2 Å². The first-order valence-electron chi connectivity index (χ1n) is 24.5. The zero-order valence-electron chi connectivity index (χ0n) is 38.2. The second-order valence-corrected chi connectivity index (χ2v) is 16.9. The predicted molar refractivity (Wildman–Crippen MR) is 249 cm³/mol. The lowest BCUT2D eigenvalue weighted by Crippen LogP contribution is -2.60. The normalized spacial score (nSPS) is 21.1. The van der Waals surface area contributed by atoms with Crippen molar-refractivity contribution in [1.29, 1.82) is 0 Å². The lowest BCUT2D eigenvalue weighted by molar-refractivity contribution is -0.302. The van der Waals surface area contributed by atoms with Crippen LogP contribution in [-0.2, 0) is 14.3 Å². The second-order valence-electron chi connectivity index (χ2n) is 16.9. The van der Waals surface area contributed by atoms with Gasteiger partial charge in [-0.1, -0.05) is 197 Å². The van der Waals surface area contributed by atoms with Crippen LogP contribution < -0.4 is 5.32 Å². The maximum Gasteiger partial charge on any atom is 0.220 e. The van der Waals surface area contributed by atoms with Crippen molar-refractivity contribution in [2.24, 2.45) is 0 Å². The van der Waals surface area contributed by atoms with Crippen LogP contribution in [0.15, 0.2) is 60.8 Å². The predicted octanol–water partition coefficient (Wildman–Crippen LogP) is 10.8. The Morgan fingerprint density at radius 2 is 1.03 bits per heavy atom. The summed E-state index contributed by atoms with van der Waals surface area (Å²) >= 11 is 0. The summed E-state index contributed by atoms with van der Waals surface area (Å²) < 4.78 is 11.1. The van der Waals surface area contributed by atoms with Crippen molar-refractivity contribution in [3.8, 4) is 0 Å². The molecule has 60 heavy (non-hydrogen) atoms. The van der Waals surface area contributed by atoms with Crippen LogP contribution in [0, 0.1) is 0 Å². The summed E-state index contributed by atoms with van der Waals surface area (Å²) in [6, 6.07) is -0.801. The molecule has 0 aromatic heterocycles. The fourth-order valence-corrected chi connectivity index (χ4v) is 7.44. The van der Waals surface area contributed by atoms with Gasteiger partial charge in [0.25, 0.3) is 0 Å². The van der Waals surface area contributed by atoms with Crippen LogP contribution in [-0.4, -0.2) is 87.5 Å². The molecule has 6 N–H and O–H groups in total. The number of nitrogens with one attached hydrogen (secondary N) is 1. The van der Waals surface area contributed by atoms with Gasteiger partial charge < -0.3 is 40.3 Å². The minimum absolute atomic E-state index is 0.183. The Bertz CT molecular complexity index is 1120. The summed E-state index contributed by atoms with van der Waals surface area (Å²) in [6.07, 6.45) is 47.6. The lowest BCUT2D eigenvalue weighted by atomic mass is 9.99. The van der Waals surface area contributed by atoms with Gasteiger partial charge in [-0.05, 0) is 57.8 Å². The molecule has 0 saturated carbocycles. The molecule has 1 amide bonds. The summed E-state index contributed by atoms with van der Waals surface area (Å²) in [4.78, 5) is 12.9. The lowest BCUT2D eigenvalue weighted by Gasteiger charge is -2.40. The van der Waals surface area contributed by atoms with E-state index in [0.29, 0.717) is 6.42 Å². The fraction of sp³-hybridized carbons (Fsp3) is 0.784. The topological polar surface area (TPSA) is 149 Å². The molecule has 1 aliphatic heterocycles. The standard InChI is InChI=1S/C51H91NO8/c1-3-5-7-9-11-12-13-14-15-16-17-18-19-20-21-22-23-24-25-26-27-28-29-30-31-32-33-34-35-37-39-41-47(55)52-44(45(54)40-38-36-10-8-6-4-2)43-59-51-50(58)49(57)48(56)46(42-53)60-51/h5,7,11-12,14-15,17-18,38,40,44-46,48-51,53-54,56-58H,3-4,6,8-10,13,16,19-37,39,41-43H2,1-2H3,(H,52,55)/b7-5-,12-11-,15-14-,18-17-,40-38+. The quantitative estimate of drug-likeness (QED) is 0.0264. The molecule has 9 nitrogen and oxygen atoms in total. The molecule has 1 saturated heterocycles. The number of aliphatic hydroxyl groups is 5. The van der Waals surface area contributed by atoms with Crippen LogP contribution in [0.4, 0.5) is 0 Å². The molecule has 7 atom stereocenters. The maximum absolute atomic E-state index is 12.9. The van der Waals surface area contributed by atoms with Gasteiger partial charge in [-0.2, -0.15) is 0 Å². The third kappa shape index (κ3) is 30.8. The van der Waals surface area contributed by atoms with Crippen LogP contribution in [0.5, 0.6) is 0 Å². The van der Waals surface area contributed by atoms with Crippen LogP contribution in [0.25, 0.3) is 0 Å². The first-order chi connectivity index (χ1) is 29.3. The van der Waals surface area contributed by atoms with Gasteiger partial charge in [0.05, 0.1) is 25.4 Å². The number of carbonyl (C=O) groups excluding carboxylic acids is 1. The summed E-state index contributed by atoms with van der Waals surface area (Å²) in [5.41, 5.74) is 0. The average molecular weight is 846 g/mol. The zero-order chi connectivity index (χ0) is 43.7. The first kappa shape index (κ1) is 55.9. The van der Waals surface area contributed by atoms with E-state index >= 15 is 0 Å². The van der Waals surface area contributed by atoms with E-state index in [2.05, 4.69) is 67.8 Å². The summed E-state index contributed by atoms with van der Waals surface area (Å²) in [5.74, 6) is -0.183. The van der Waals surface area contributed by atoms with Gasteiger partial charge in [0, 0.05) is 6.42 Å². The molecule has 7 unspecified atom stereocenters. The molecule has 348 valence electrons. The van der Waals surface area contributed by atoms with E-state index in [1.165, 1.54) is 109 Å². The van der Waals surface area contributed by atoms with Gasteiger partial charge in [0.1, 0.15) is 24.4 Å². The Labute approximate surface area is 366 Å². The smallest absolute Gasteiger partial charge is 0.220 e. The largest absolute Gasteiger partial charge is 0.394 e. The summed E-state index contributed by atoms with van der Waals surface area (Å²) in [7, 11) is 0.